The maximum atomic E-state index is 12.3. The minimum absolute atomic E-state index is 0.0350. The quantitative estimate of drug-likeness (QED) is 0.655. The molecule has 0 radical (unpaired) electrons. The number of rotatable bonds is 1. The monoisotopic (exact) mass is 258 g/mol. The van der Waals surface area contributed by atoms with Crippen LogP contribution in [-0.2, 0) is 0 Å². The molecular formula is C14H10O5. The summed E-state index contributed by atoms with van der Waals surface area (Å²) in [7, 11) is 1.46. The first-order valence-corrected chi connectivity index (χ1v) is 5.56. The van der Waals surface area contributed by atoms with Crippen LogP contribution >= 0.6 is 0 Å². The molecule has 0 atom stereocenters. The lowest BCUT2D eigenvalue weighted by atomic mass is 10.1. The summed E-state index contributed by atoms with van der Waals surface area (Å²) in [5.74, 6) is 0.145. The Kier molecular flexibility index (Phi) is 2.35. The van der Waals surface area contributed by atoms with Gasteiger partial charge in [0.2, 0.25) is 5.43 Å². The number of hydrogen-bond acceptors (Lipinski definition) is 5. The Hall–Kier alpha value is -2.69. The number of benzene rings is 2. The summed E-state index contributed by atoms with van der Waals surface area (Å²) in [4.78, 5) is 12.3. The van der Waals surface area contributed by atoms with Crippen LogP contribution in [0.25, 0.3) is 21.9 Å². The minimum atomic E-state index is -0.396. The molecule has 0 aliphatic carbocycles. The maximum Gasteiger partial charge on any atom is 0.204 e. The van der Waals surface area contributed by atoms with Crippen LogP contribution in [0.4, 0.5) is 0 Å². The highest BCUT2D eigenvalue weighted by molar-refractivity contribution is 5.94. The molecule has 5 nitrogen and oxygen atoms in total. The fraction of sp³-hybridized carbons (Fsp3) is 0.0714. The number of methoxy groups -OCH3 is 1. The Morgan fingerprint density at radius 2 is 1.89 bits per heavy atom. The third kappa shape index (κ3) is 1.67. The number of phenols is 2. The molecule has 0 saturated heterocycles. The van der Waals surface area contributed by atoms with Crippen molar-refractivity contribution in [3.05, 3.63) is 40.6 Å². The highest BCUT2D eigenvalue weighted by Gasteiger charge is 2.13. The van der Waals surface area contributed by atoms with Crippen molar-refractivity contribution in [3.63, 3.8) is 0 Å². The Bertz CT molecular complexity index is 848. The van der Waals surface area contributed by atoms with E-state index in [1.807, 2.05) is 0 Å². The molecule has 0 bridgehead atoms. The first kappa shape index (κ1) is 11.4. The van der Waals surface area contributed by atoms with Crippen LogP contribution in [0.5, 0.6) is 17.2 Å². The molecule has 5 heteroatoms. The van der Waals surface area contributed by atoms with Crippen molar-refractivity contribution in [2.45, 2.75) is 0 Å². The topological polar surface area (TPSA) is 79.9 Å². The second-order valence-electron chi connectivity index (χ2n) is 4.13. The zero-order valence-electron chi connectivity index (χ0n) is 10.0. The number of hydrogen-bond donors (Lipinski definition) is 2. The van der Waals surface area contributed by atoms with Crippen molar-refractivity contribution < 1.29 is 19.4 Å². The average Bonchev–Trinajstić information content (AvgIpc) is 2.39. The van der Waals surface area contributed by atoms with Crippen LogP contribution in [0.2, 0.25) is 0 Å². The van der Waals surface area contributed by atoms with Crippen molar-refractivity contribution in [3.8, 4) is 17.2 Å². The zero-order valence-corrected chi connectivity index (χ0v) is 10.0. The van der Waals surface area contributed by atoms with Gasteiger partial charge in [-0.2, -0.15) is 0 Å². The smallest absolute Gasteiger partial charge is 0.204 e. The van der Waals surface area contributed by atoms with Gasteiger partial charge in [-0.3, -0.25) is 4.79 Å². The minimum Gasteiger partial charge on any atom is -0.508 e. The van der Waals surface area contributed by atoms with E-state index in [1.54, 1.807) is 0 Å². The Balaban J connectivity index is 2.54. The van der Waals surface area contributed by atoms with Gasteiger partial charge in [0.1, 0.15) is 33.8 Å². The van der Waals surface area contributed by atoms with Crippen LogP contribution in [0.15, 0.2) is 39.5 Å². The first-order chi connectivity index (χ1) is 9.10. The van der Waals surface area contributed by atoms with Crippen molar-refractivity contribution in [2.24, 2.45) is 0 Å². The molecule has 3 aromatic rings. The van der Waals surface area contributed by atoms with Crippen molar-refractivity contribution in [1.82, 2.24) is 0 Å². The van der Waals surface area contributed by atoms with E-state index in [1.165, 1.54) is 37.4 Å². The van der Waals surface area contributed by atoms with Crippen molar-refractivity contribution in [1.29, 1.82) is 0 Å². The van der Waals surface area contributed by atoms with E-state index in [4.69, 9.17) is 9.15 Å². The van der Waals surface area contributed by atoms with Crippen LogP contribution in [-0.4, -0.2) is 17.3 Å². The third-order valence-electron chi connectivity index (χ3n) is 2.95. The molecule has 0 amide bonds. The summed E-state index contributed by atoms with van der Waals surface area (Å²) in [5.41, 5.74) is 0.176. The van der Waals surface area contributed by atoms with Gasteiger partial charge in [0.15, 0.2) is 0 Å². The van der Waals surface area contributed by atoms with E-state index >= 15 is 0 Å². The van der Waals surface area contributed by atoms with Crippen LogP contribution in [0.3, 0.4) is 0 Å². The number of aromatic hydroxyl groups is 2. The van der Waals surface area contributed by atoms with E-state index < -0.39 is 5.43 Å². The second kappa shape index (κ2) is 3.91. The largest absolute Gasteiger partial charge is 0.508 e. The normalized spacial score (nSPS) is 11.0. The molecular weight excluding hydrogens is 248 g/mol. The van der Waals surface area contributed by atoms with Gasteiger partial charge >= 0.3 is 0 Å². The molecule has 1 aromatic heterocycles. The molecule has 2 aromatic carbocycles. The van der Waals surface area contributed by atoms with Gasteiger partial charge in [0.05, 0.1) is 12.5 Å². The molecule has 0 spiro atoms. The van der Waals surface area contributed by atoms with E-state index in [-0.39, 0.29) is 27.9 Å². The molecule has 0 aliphatic heterocycles. The van der Waals surface area contributed by atoms with Gasteiger partial charge in [0, 0.05) is 12.1 Å². The highest BCUT2D eigenvalue weighted by Crippen LogP contribution is 2.30. The van der Waals surface area contributed by atoms with E-state index in [2.05, 4.69) is 0 Å². The summed E-state index contributed by atoms with van der Waals surface area (Å²) >= 11 is 0. The number of fused-ring (bicyclic) bond motifs is 2. The highest BCUT2D eigenvalue weighted by atomic mass is 16.5. The lowest BCUT2D eigenvalue weighted by molar-refractivity contribution is 0.408. The first-order valence-electron chi connectivity index (χ1n) is 5.56. The van der Waals surface area contributed by atoms with Gasteiger partial charge in [-0.15, -0.1) is 0 Å². The fourth-order valence-electron chi connectivity index (χ4n) is 2.04. The zero-order chi connectivity index (χ0) is 13.6. The molecule has 2 N–H and O–H groups in total. The van der Waals surface area contributed by atoms with Gasteiger partial charge in [0.25, 0.3) is 0 Å². The third-order valence-corrected chi connectivity index (χ3v) is 2.95. The SMILES string of the molecule is COc1cc(O)c2c(=O)c3cc(O)ccc3oc2c1. The van der Waals surface area contributed by atoms with Crippen molar-refractivity contribution in [2.75, 3.05) is 7.11 Å². The molecule has 0 saturated carbocycles. The second-order valence-corrected chi connectivity index (χ2v) is 4.13. The molecule has 96 valence electrons. The lowest BCUT2D eigenvalue weighted by Gasteiger charge is -2.06. The summed E-state index contributed by atoms with van der Waals surface area (Å²) in [5, 5.41) is 19.6. The van der Waals surface area contributed by atoms with E-state index in [0.29, 0.717) is 11.3 Å². The lowest BCUT2D eigenvalue weighted by Crippen LogP contribution is -2.02. The van der Waals surface area contributed by atoms with Crippen LogP contribution < -0.4 is 10.2 Å². The number of ether oxygens (including phenoxy) is 1. The molecule has 3 rings (SSSR count). The van der Waals surface area contributed by atoms with Crippen LogP contribution in [0, 0.1) is 0 Å². The Morgan fingerprint density at radius 3 is 2.63 bits per heavy atom. The molecule has 19 heavy (non-hydrogen) atoms. The van der Waals surface area contributed by atoms with Gasteiger partial charge in [-0.05, 0) is 18.2 Å². The summed E-state index contributed by atoms with van der Waals surface area (Å²) in [6.07, 6.45) is 0. The predicted octanol–water partition coefficient (Wildman–Crippen LogP) is 2.37. The molecule has 0 fully saturated rings. The average molecular weight is 258 g/mol. The maximum absolute atomic E-state index is 12.3. The summed E-state index contributed by atoms with van der Waals surface area (Å²) < 4.78 is 10.6. The number of phenolic OH excluding ortho intramolecular Hbond substituents is 2. The van der Waals surface area contributed by atoms with Crippen LogP contribution in [0.1, 0.15) is 0 Å². The summed E-state index contributed by atoms with van der Waals surface area (Å²) in [6, 6.07) is 7.11. The molecule has 1 heterocycles. The summed E-state index contributed by atoms with van der Waals surface area (Å²) in [6.45, 7) is 0. The van der Waals surface area contributed by atoms with Crippen molar-refractivity contribution >= 4 is 21.9 Å². The molecule has 0 aliphatic rings. The Morgan fingerprint density at radius 1 is 1.11 bits per heavy atom. The Labute approximate surface area is 107 Å². The van der Waals surface area contributed by atoms with Gasteiger partial charge in [-0.25, -0.2) is 0 Å². The standard InChI is InChI=1S/C14H10O5/c1-18-8-5-10(16)13-12(6-8)19-11-3-2-7(15)4-9(11)14(13)17/h2-6,15-16H,1H3. The van der Waals surface area contributed by atoms with E-state index in [0.717, 1.165) is 0 Å². The van der Waals surface area contributed by atoms with Gasteiger partial charge in [-0.1, -0.05) is 0 Å². The van der Waals surface area contributed by atoms with E-state index in [9.17, 15) is 15.0 Å². The van der Waals surface area contributed by atoms with Gasteiger partial charge < -0.3 is 19.4 Å². The fourth-order valence-corrected chi connectivity index (χ4v) is 2.04. The molecule has 0 unspecified atom stereocenters. The predicted molar refractivity (Wildman–Crippen MR) is 69.9 cm³/mol.